The molecule has 1 aromatic heterocycles. The number of nitrogens with zero attached hydrogens (tertiary/aromatic N) is 1. The Bertz CT molecular complexity index is 1020. The molecule has 164 valence electrons. The number of aromatic hydroxyl groups is 1. The van der Waals surface area contributed by atoms with E-state index in [1.807, 2.05) is 30.3 Å². The minimum atomic E-state index is -0.715. The lowest BCUT2D eigenvalue weighted by Gasteiger charge is -2.38. The molecule has 3 aromatic rings. The summed E-state index contributed by atoms with van der Waals surface area (Å²) in [7, 11) is 0. The number of hydrogen-bond acceptors (Lipinski definition) is 4. The van der Waals surface area contributed by atoms with E-state index in [1.165, 1.54) is 6.07 Å². The Hall–Kier alpha value is -2.44. The highest BCUT2D eigenvalue weighted by Gasteiger charge is 2.32. The molecule has 0 spiro atoms. The minimum absolute atomic E-state index is 0.00884. The van der Waals surface area contributed by atoms with Crippen LogP contribution in [0.3, 0.4) is 0 Å². The van der Waals surface area contributed by atoms with E-state index >= 15 is 0 Å². The average Bonchev–Trinajstić information content (AvgIpc) is 2.78. The highest BCUT2D eigenvalue weighted by molar-refractivity contribution is 6.32. The maximum atomic E-state index is 14.3. The van der Waals surface area contributed by atoms with E-state index in [0.29, 0.717) is 12.5 Å². The first-order valence-electron chi connectivity index (χ1n) is 10.6. The summed E-state index contributed by atoms with van der Waals surface area (Å²) in [6.07, 6.45) is 4.44. The van der Waals surface area contributed by atoms with Gasteiger partial charge in [-0.3, -0.25) is 4.98 Å². The minimum Gasteiger partial charge on any atom is -0.504 e. The summed E-state index contributed by atoms with van der Waals surface area (Å²) in [6, 6.07) is 13.0. The maximum absolute atomic E-state index is 14.3. The summed E-state index contributed by atoms with van der Waals surface area (Å²) in [5.41, 5.74) is 2.65. The van der Waals surface area contributed by atoms with Gasteiger partial charge in [-0.05, 0) is 61.6 Å². The molecule has 0 saturated heterocycles. The molecule has 1 heterocycles. The van der Waals surface area contributed by atoms with E-state index < -0.39 is 18.2 Å². The van der Waals surface area contributed by atoms with Crippen molar-refractivity contribution in [3.63, 3.8) is 0 Å². The van der Waals surface area contributed by atoms with Crippen molar-refractivity contribution in [1.82, 2.24) is 10.3 Å². The molecule has 1 unspecified atom stereocenters. The summed E-state index contributed by atoms with van der Waals surface area (Å²) >= 11 is 6.09. The molecule has 1 aliphatic rings. The van der Waals surface area contributed by atoms with E-state index in [9.17, 15) is 13.9 Å². The first kappa shape index (κ1) is 21.8. The Morgan fingerprint density at radius 1 is 1.16 bits per heavy atom. The van der Waals surface area contributed by atoms with Crippen molar-refractivity contribution >= 4 is 28.2 Å². The van der Waals surface area contributed by atoms with Gasteiger partial charge in [0.2, 0.25) is 0 Å². The molecule has 1 saturated carbocycles. The lowest BCUT2D eigenvalue weighted by atomic mass is 9.74. The van der Waals surface area contributed by atoms with Gasteiger partial charge < -0.3 is 15.7 Å². The van der Waals surface area contributed by atoms with E-state index in [-0.39, 0.29) is 17.0 Å². The van der Waals surface area contributed by atoms with Gasteiger partial charge in [0.1, 0.15) is 6.67 Å². The topological polar surface area (TPSA) is 57.2 Å². The van der Waals surface area contributed by atoms with Gasteiger partial charge in [-0.15, -0.1) is 0 Å². The first-order valence-corrected chi connectivity index (χ1v) is 11.0. The molecular formula is C24H26ClF2N3O. The largest absolute Gasteiger partial charge is 0.504 e. The number of phenols is 1. The highest BCUT2D eigenvalue weighted by Crippen LogP contribution is 2.41. The zero-order valence-electron chi connectivity index (χ0n) is 17.1. The van der Waals surface area contributed by atoms with E-state index in [4.69, 9.17) is 11.6 Å². The number of aromatic nitrogens is 1. The number of para-hydroxylation sites is 1. The zero-order valence-corrected chi connectivity index (χ0v) is 17.9. The van der Waals surface area contributed by atoms with Crippen LogP contribution in [0.4, 0.5) is 14.5 Å². The molecule has 2 aromatic carbocycles. The van der Waals surface area contributed by atoms with Crippen LogP contribution in [0.2, 0.25) is 5.02 Å². The Kier molecular flexibility index (Phi) is 6.88. The second-order valence-electron chi connectivity index (χ2n) is 8.14. The molecule has 0 bridgehead atoms. The summed E-state index contributed by atoms with van der Waals surface area (Å²) in [5, 5.41) is 17.6. The van der Waals surface area contributed by atoms with Crippen molar-refractivity contribution in [1.29, 1.82) is 0 Å². The number of anilines is 1. The third-order valence-corrected chi connectivity index (χ3v) is 6.41. The van der Waals surface area contributed by atoms with E-state index in [2.05, 4.69) is 15.6 Å². The van der Waals surface area contributed by atoms with Crippen molar-refractivity contribution in [2.45, 2.75) is 31.2 Å². The van der Waals surface area contributed by atoms with Gasteiger partial charge in [-0.1, -0.05) is 29.8 Å². The van der Waals surface area contributed by atoms with Gasteiger partial charge in [0.05, 0.1) is 10.5 Å². The number of halogens is 3. The highest BCUT2D eigenvalue weighted by atomic mass is 35.5. The predicted molar refractivity (Wildman–Crippen MR) is 121 cm³/mol. The second-order valence-corrected chi connectivity index (χ2v) is 8.55. The summed E-state index contributed by atoms with van der Waals surface area (Å²) in [4.78, 5) is 4.43. The summed E-state index contributed by atoms with van der Waals surface area (Å²) in [6.45, 7) is 0.666. The molecule has 4 nitrogen and oxygen atoms in total. The van der Waals surface area contributed by atoms with Gasteiger partial charge in [-0.25, -0.2) is 8.78 Å². The standard InChI is InChI=1S/C24H26ClF2N3O/c25-19-12-16(13-20(27)24(19)31)18-11-15(14-28-10-8-26)5-6-22(18)30-23-7-9-29-21-4-2-1-3-17(21)23/h1-4,7,9,12-13,15,18,22,28,31H,5-6,8,10-11,14H2,(H,29,30)/t15-,18?,22-/m1/s1. The predicted octanol–water partition coefficient (Wildman–Crippen LogP) is 5.66. The van der Waals surface area contributed by atoms with Crippen LogP contribution in [-0.2, 0) is 0 Å². The fourth-order valence-corrected chi connectivity index (χ4v) is 4.79. The third-order valence-electron chi connectivity index (χ3n) is 6.12. The van der Waals surface area contributed by atoms with Crippen LogP contribution in [-0.4, -0.2) is 35.9 Å². The number of nitrogens with one attached hydrogen (secondary N) is 2. The monoisotopic (exact) mass is 445 g/mol. The Morgan fingerprint density at radius 2 is 2.00 bits per heavy atom. The van der Waals surface area contributed by atoms with Gasteiger partial charge in [0.25, 0.3) is 0 Å². The van der Waals surface area contributed by atoms with Gasteiger partial charge in [-0.2, -0.15) is 0 Å². The molecule has 31 heavy (non-hydrogen) atoms. The quantitative estimate of drug-likeness (QED) is 0.411. The molecule has 0 aliphatic heterocycles. The Morgan fingerprint density at radius 3 is 2.81 bits per heavy atom. The van der Waals surface area contributed by atoms with E-state index in [0.717, 1.165) is 48.0 Å². The maximum Gasteiger partial charge on any atom is 0.170 e. The molecule has 1 fully saturated rings. The zero-order chi connectivity index (χ0) is 21.8. The lowest BCUT2D eigenvalue weighted by molar-refractivity contribution is 0.287. The number of fused-ring (bicyclic) bond motifs is 1. The fraction of sp³-hybridized carbons (Fsp3) is 0.375. The number of benzene rings is 2. The number of hydrogen-bond donors (Lipinski definition) is 3. The van der Waals surface area contributed by atoms with Gasteiger partial charge >= 0.3 is 0 Å². The van der Waals surface area contributed by atoms with Crippen LogP contribution in [0.25, 0.3) is 10.9 Å². The Labute approximate surface area is 185 Å². The summed E-state index contributed by atoms with van der Waals surface area (Å²) in [5.74, 6) is -0.898. The van der Waals surface area contributed by atoms with Crippen LogP contribution in [0.1, 0.15) is 30.7 Å². The molecule has 0 amide bonds. The van der Waals surface area contributed by atoms with Crippen LogP contribution in [0, 0.1) is 11.7 Å². The molecule has 3 N–H and O–H groups in total. The number of alkyl halides is 1. The number of pyridine rings is 1. The number of rotatable bonds is 7. The molecule has 4 rings (SSSR count). The van der Waals surface area contributed by atoms with Gasteiger partial charge in [0, 0.05) is 35.8 Å². The molecule has 7 heteroatoms. The summed E-state index contributed by atoms with van der Waals surface area (Å²) < 4.78 is 26.8. The first-order chi connectivity index (χ1) is 15.1. The van der Waals surface area contributed by atoms with Gasteiger partial charge in [0.15, 0.2) is 11.6 Å². The SMILES string of the molecule is Oc1c(F)cc(C2C[C@H](CNCCF)CC[C@H]2Nc2ccnc3ccccc23)cc1Cl. The molecule has 1 aliphatic carbocycles. The van der Waals surface area contributed by atoms with Crippen LogP contribution >= 0.6 is 11.6 Å². The third kappa shape index (κ3) is 4.91. The molecule has 3 atom stereocenters. The van der Waals surface area contributed by atoms with Crippen molar-refractivity contribution in [2.24, 2.45) is 5.92 Å². The van der Waals surface area contributed by atoms with Crippen molar-refractivity contribution in [3.05, 3.63) is 65.1 Å². The second kappa shape index (κ2) is 9.79. The molecular weight excluding hydrogens is 420 g/mol. The Balaban J connectivity index is 1.63. The van der Waals surface area contributed by atoms with Crippen molar-refractivity contribution in [2.75, 3.05) is 25.1 Å². The smallest absolute Gasteiger partial charge is 0.170 e. The van der Waals surface area contributed by atoms with Crippen LogP contribution in [0.5, 0.6) is 5.75 Å². The normalized spacial score (nSPS) is 21.3. The van der Waals surface area contributed by atoms with Crippen LogP contribution in [0.15, 0.2) is 48.7 Å². The van der Waals surface area contributed by atoms with Crippen LogP contribution < -0.4 is 10.6 Å². The van der Waals surface area contributed by atoms with Crippen molar-refractivity contribution in [3.8, 4) is 5.75 Å². The molecule has 0 radical (unpaired) electrons. The lowest BCUT2D eigenvalue weighted by Crippen LogP contribution is -2.37. The van der Waals surface area contributed by atoms with E-state index in [1.54, 1.807) is 12.3 Å². The number of phenolic OH excluding ortho intramolecular Hbond substituents is 1. The van der Waals surface area contributed by atoms with Crippen molar-refractivity contribution < 1.29 is 13.9 Å². The fourth-order valence-electron chi connectivity index (χ4n) is 4.58. The average molecular weight is 446 g/mol.